The van der Waals surface area contributed by atoms with Crippen molar-refractivity contribution in [1.29, 1.82) is 0 Å². The Balaban J connectivity index is 1.54. The van der Waals surface area contributed by atoms with E-state index in [1.54, 1.807) is 0 Å². The summed E-state index contributed by atoms with van der Waals surface area (Å²) in [4.78, 5) is 12.1. The largest absolute Gasteiger partial charge is 0.357 e. The molecule has 2 fully saturated rings. The van der Waals surface area contributed by atoms with Gasteiger partial charge in [0.25, 0.3) is 0 Å². The zero-order valence-electron chi connectivity index (χ0n) is 10.1. The summed E-state index contributed by atoms with van der Waals surface area (Å²) in [7, 11) is 1.99. The minimum Gasteiger partial charge on any atom is -0.357 e. The topological polar surface area (TPSA) is 46.1 Å². The first-order chi connectivity index (χ1) is 8.22. The molecule has 0 aliphatic carbocycles. The van der Waals surface area contributed by atoms with Gasteiger partial charge in [-0.15, -0.1) is 0 Å². The van der Waals surface area contributed by atoms with Crippen LogP contribution in [0, 0.1) is 5.92 Å². The highest BCUT2D eigenvalue weighted by atomic mass is 16.1. The van der Waals surface area contributed by atoms with Crippen molar-refractivity contribution >= 4 is 5.91 Å². The fourth-order valence-corrected chi connectivity index (χ4v) is 3.10. The van der Waals surface area contributed by atoms with Crippen LogP contribution in [0.15, 0.2) is 18.5 Å². The number of carbonyl (C=O) groups excluding carboxylic acids is 1. The number of fused-ring (bicyclic) bond motifs is 2. The normalized spacial score (nSPS) is 30.8. The van der Waals surface area contributed by atoms with Gasteiger partial charge in [-0.2, -0.15) is 0 Å². The van der Waals surface area contributed by atoms with E-state index in [0.29, 0.717) is 18.6 Å². The lowest BCUT2D eigenvalue weighted by Gasteiger charge is -2.19. The van der Waals surface area contributed by atoms with Crippen LogP contribution in [0.2, 0.25) is 0 Å². The summed E-state index contributed by atoms with van der Waals surface area (Å²) in [5.41, 5.74) is 1.16. The van der Waals surface area contributed by atoms with Crippen LogP contribution < -0.4 is 10.6 Å². The van der Waals surface area contributed by atoms with Crippen LogP contribution in [0.5, 0.6) is 0 Å². The molecule has 0 saturated carbocycles. The first-order valence-electron chi connectivity index (χ1n) is 6.37. The van der Waals surface area contributed by atoms with Crippen LogP contribution in [0.3, 0.4) is 0 Å². The van der Waals surface area contributed by atoms with Crippen LogP contribution in [0.4, 0.5) is 0 Å². The fourth-order valence-electron chi connectivity index (χ4n) is 3.10. The monoisotopic (exact) mass is 233 g/mol. The Kier molecular flexibility index (Phi) is 2.67. The van der Waals surface area contributed by atoms with Crippen LogP contribution >= 0.6 is 0 Å². The molecule has 2 N–H and O–H groups in total. The Morgan fingerprint density at radius 3 is 3.06 bits per heavy atom. The maximum Gasteiger partial charge on any atom is 0.225 e. The second-order valence-electron chi connectivity index (χ2n) is 5.29. The van der Waals surface area contributed by atoms with Gasteiger partial charge in [-0.05, 0) is 30.9 Å². The van der Waals surface area contributed by atoms with Gasteiger partial charge in [-0.1, -0.05) is 0 Å². The number of amides is 1. The van der Waals surface area contributed by atoms with E-state index in [1.165, 1.54) is 6.42 Å². The van der Waals surface area contributed by atoms with E-state index in [-0.39, 0.29) is 11.8 Å². The molecular weight excluding hydrogens is 214 g/mol. The molecule has 0 aromatic carbocycles. The number of hydrogen-bond donors (Lipinski definition) is 2. The zero-order chi connectivity index (χ0) is 11.8. The summed E-state index contributed by atoms with van der Waals surface area (Å²) in [6.07, 6.45) is 7.46. The first kappa shape index (κ1) is 10.8. The first-order valence-corrected chi connectivity index (χ1v) is 6.37. The number of nitrogens with one attached hydrogen (secondary N) is 2. The smallest absolute Gasteiger partial charge is 0.225 e. The molecule has 0 radical (unpaired) electrons. The third kappa shape index (κ3) is 2.09. The second-order valence-corrected chi connectivity index (χ2v) is 5.29. The molecule has 1 aromatic heterocycles. The summed E-state index contributed by atoms with van der Waals surface area (Å²) < 4.78 is 2.00. The average Bonchev–Trinajstić information content (AvgIpc) is 3.01. The Morgan fingerprint density at radius 1 is 1.59 bits per heavy atom. The van der Waals surface area contributed by atoms with Crippen molar-refractivity contribution < 1.29 is 4.79 Å². The fraction of sp³-hybridized carbons (Fsp3) is 0.615. The summed E-state index contributed by atoms with van der Waals surface area (Å²) in [6.45, 7) is 0.646. The molecule has 2 bridgehead atoms. The van der Waals surface area contributed by atoms with E-state index in [0.717, 1.165) is 18.4 Å². The number of rotatable bonds is 3. The average molecular weight is 233 g/mol. The van der Waals surface area contributed by atoms with E-state index in [1.807, 2.05) is 30.1 Å². The molecule has 2 saturated heterocycles. The lowest BCUT2D eigenvalue weighted by atomic mass is 9.88. The van der Waals surface area contributed by atoms with Crippen molar-refractivity contribution in [2.45, 2.75) is 37.9 Å². The van der Waals surface area contributed by atoms with E-state index in [4.69, 9.17) is 0 Å². The Labute approximate surface area is 101 Å². The summed E-state index contributed by atoms with van der Waals surface area (Å²) >= 11 is 0. The van der Waals surface area contributed by atoms with Gasteiger partial charge in [0, 0.05) is 38.1 Å². The third-order valence-corrected chi connectivity index (χ3v) is 4.00. The molecule has 4 nitrogen and oxygen atoms in total. The molecule has 3 rings (SSSR count). The molecule has 3 heterocycles. The van der Waals surface area contributed by atoms with Crippen LogP contribution in [-0.4, -0.2) is 22.6 Å². The predicted octanol–water partition coefficient (Wildman–Crippen LogP) is 0.782. The molecule has 0 spiro atoms. The molecule has 2 aliphatic heterocycles. The van der Waals surface area contributed by atoms with Gasteiger partial charge in [-0.3, -0.25) is 4.79 Å². The predicted molar refractivity (Wildman–Crippen MR) is 65.3 cm³/mol. The number of nitrogens with zero attached hydrogens (tertiary/aromatic N) is 1. The van der Waals surface area contributed by atoms with Crippen molar-refractivity contribution in [1.82, 2.24) is 15.2 Å². The van der Waals surface area contributed by atoms with Crippen LogP contribution in [0.25, 0.3) is 0 Å². The molecule has 92 valence electrons. The Hall–Kier alpha value is -1.29. The number of aryl methyl sites for hydroxylation is 1. The van der Waals surface area contributed by atoms with Gasteiger partial charge in [0.2, 0.25) is 5.91 Å². The van der Waals surface area contributed by atoms with Crippen LogP contribution in [0.1, 0.15) is 24.8 Å². The standard InChI is InChI=1S/C13H19N3O/c1-16-5-4-9(8-16)7-14-13(17)11-6-10-2-3-12(11)15-10/h4-5,8,10-12,15H,2-3,6-7H2,1H3,(H,14,17). The van der Waals surface area contributed by atoms with Gasteiger partial charge in [0.15, 0.2) is 0 Å². The van der Waals surface area contributed by atoms with Crippen molar-refractivity contribution in [2.24, 2.45) is 13.0 Å². The van der Waals surface area contributed by atoms with Crippen molar-refractivity contribution in [3.8, 4) is 0 Å². The molecule has 1 aromatic rings. The summed E-state index contributed by atoms with van der Waals surface area (Å²) in [5, 5.41) is 6.54. The van der Waals surface area contributed by atoms with Gasteiger partial charge in [0.05, 0.1) is 5.92 Å². The Bertz CT molecular complexity index is 426. The highest BCUT2D eigenvalue weighted by Gasteiger charge is 2.42. The van der Waals surface area contributed by atoms with E-state index < -0.39 is 0 Å². The molecule has 1 amide bonds. The van der Waals surface area contributed by atoms with E-state index in [2.05, 4.69) is 10.6 Å². The van der Waals surface area contributed by atoms with Crippen molar-refractivity contribution in [2.75, 3.05) is 0 Å². The lowest BCUT2D eigenvalue weighted by molar-refractivity contribution is -0.125. The summed E-state index contributed by atoms with van der Waals surface area (Å²) in [5.74, 6) is 0.408. The molecule has 3 unspecified atom stereocenters. The molecule has 2 aliphatic rings. The maximum absolute atomic E-state index is 12.1. The number of aromatic nitrogens is 1. The van der Waals surface area contributed by atoms with Crippen LogP contribution in [-0.2, 0) is 18.4 Å². The van der Waals surface area contributed by atoms with Crippen molar-refractivity contribution in [3.05, 3.63) is 24.0 Å². The second kappa shape index (κ2) is 4.18. The number of hydrogen-bond acceptors (Lipinski definition) is 2. The quantitative estimate of drug-likeness (QED) is 0.810. The van der Waals surface area contributed by atoms with Crippen molar-refractivity contribution in [3.63, 3.8) is 0 Å². The molecule has 17 heavy (non-hydrogen) atoms. The third-order valence-electron chi connectivity index (χ3n) is 4.00. The summed E-state index contributed by atoms with van der Waals surface area (Å²) in [6, 6.07) is 3.06. The minimum atomic E-state index is 0.192. The van der Waals surface area contributed by atoms with E-state index >= 15 is 0 Å². The maximum atomic E-state index is 12.1. The molecular formula is C13H19N3O. The molecule has 4 heteroatoms. The minimum absolute atomic E-state index is 0.192. The van der Waals surface area contributed by atoms with E-state index in [9.17, 15) is 4.79 Å². The SMILES string of the molecule is Cn1ccc(CNC(=O)C2CC3CCC2N3)c1. The van der Waals surface area contributed by atoms with Gasteiger partial charge in [-0.25, -0.2) is 0 Å². The zero-order valence-corrected chi connectivity index (χ0v) is 10.1. The van der Waals surface area contributed by atoms with Gasteiger partial charge < -0.3 is 15.2 Å². The highest BCUT2D eigenvalue weighted by molar-refractivity contribution is 5.80. The number of carbonyl (C=O) groups is 1. The van der Waals surface area contributed by atoms with Gasteiger partial charge >= 0.3 is 0 Å². The lowest BCUT2D eigenvalue weighted by Crippen LogP contribution is -2.37. The Morgan fingerprint density at radius 2 is 2.47 bits per heavy atom. The highest BCUT2D eigenvalue weighted by Crippen LogP contribution is 2.33. The molecule has 3 atom stereocenters. The van der Waals surface area contributed by atoms with Gasteiger partial charge in [0.1, 0.15) is 0 Å².